The van der Waals surface area contributed by atoms with Crippen LogP contribution < -0.4 is 0 Å². The molecule has 0 aliphatic rings. The summed E-state index contributed by atoms with van der Waals surface area (Å²) in [5.41, 5.74) is 1.72. The van der Waals surface area contributed by atoms with Crippen LogP contribution in [0.15, 0.2) is 59.6 Å². The van der Waals surface area contributed by atoms with E-state index in [1.807, 2.05) is 48.0 Å². The molecule has 0 aliphatic carbocycles. The van der Waals surface area contributed by atoms with E-state index < -0.39 is 0 Å². The summed E-state index contributed by atoms with van der Waals surface area (Å²) in [6, 6.07) is 11.4. The summed E-state index contributed by atoms with van der Waals surface area (Å²) in [5, 5.41) is 3.89. The Hall–Kier alpha value is -2.89. The standard InChI is InChI=1S/C17H18N4O2/c1-13(15-8-11-23-19-15)20(2)16(22)12-21-10-9-18-17(21)14-6-4-3-5-7-14/h3-11,13H,12H2,1-2H3/t13-/m0/s1. The maximum absolute atomic E-state index is 12.5. The van der Waals surface area contributed by atoms with Gasteiger partial charge in [-0.05, 0) is 6.92 Å². The third-order valence-electron chi connectivity index (χ3n) is 3.91. The van der Waals surface area contributed by atoms with Gasteiger partial charge in [-0.1, -0.05) is 35.5 Å². The first kappa shape index (κ1) is 15.0. The molecule has 0 N–H and O–H groups in total. The molecular weight excluding hydrogens is 292 g/mol. The van der Waals surface area contributed by atoms with Crippen LogP contribution in [0.4, 0.5) is 0 Å². The number of imidazole rings is 1. The molecule has 1 atom stereocenters. The number of carbonyl (C=O) groups is 1. The molecule has 6 nitrogen and oxygen atoms in total. The first-order chi connectivity index (χ1) is 11.2. The Labute approximate surface area is 134 Å². The van der Waals surface area contributed by atoms with Crippen LogP contribution in [0.5, 0.6) is 0 Å². The molecule has 1 aromatic carbocycles. The van der Waals surface area contributed by atoms with Crippen LogP contribution in [0.25, 0.3) is 11.4 Å². The highest BCUT2D eigenvalue weighted by molar-refractivity contribution is 5.77. The molecule has 0 unspecified atom stereocenters. The van der Waals surface area contributed by atoms with Crippen molar-refractivity contribution in [3.63, 3.8) is 0 Å². The molecule has 0 saturated heterocycles. The van der Waals surface area contributed by atoms with Gasteiger partial charge in [0.15, 0.2) is 0 Å². The van der Waals surface area contributed by atoms with Crippen molar-refractivity contribution >= 4 is 5.91 Å². The van der Waals surface area contributed by atoms with E-state index >= 15 is 0 Å². The zero-order valence-corrected chi connectivity index (χ0v) is 13.1. The molecule has 3 rings (SSSR count). The largest absolute Gasteiger partial charge is 0.364 e. The van der Waals surface area contributed by atoms with E-state index in [2.05, 4.69) is 10.1 Å². The quantitative estimate of drug-likeness (QED) is 0.727. The third-order valence-corrected chi connectivity index (χ3v) is 3.91. The number of carbonyl (C=O) groups excluding carboxylic acids is 1. The predicted molar refractivity (Wildman–Crippen MR) is 85.4 cm³/mol. The number of hydrogen-bond acceptors (Lipinski definition) is 4. The van der Waals surface area contributed by atoms with E-state index in [0.717, 1.165) is 17.1 Å². The lowest BCUT2D eigenvalue weighted by molar-refractivity contribution is -0.132. The van der Waals surface area contributed by atoms with Gasteiger partial charge < -0.3 is 14.0 Å². The van der Waals surface area contributed by atoms with Crippen molar-refractivity contribution in [1.29, 1.82) is 0 Å². The fourth-order valence-electron chi connectivity index (χ4n) is 2.39. The van der Waals surface area contributed by atoms with Gasteiger partial charge in [0, 0.05) is 31.1 Å². The molecule has 0 fully saturated rings. The van der Waals surface area contributed by atoms with E-state index in [9.17, 15) is 4.79 Å². The first-order valence-electron chi connectivity index (χ1n) is 7.39. The Morgan fingerprint density at radius 1 is 1.30 bits per heavy atom. The number of nitrogens with zero attached hydrogens (tertiary/aromatic N) is 4. The minimum atomic E-state index is -0.148. The van der Waals surface area contributed by atoms with Gasteiger partial charge in [0.25, 0.3) is 0 Å². The average Bonchev–Trinajstić information content (AvgIpc) is 3.26. The molecule has 2 heterocycles. The Bertz CT molecular complexity index is 765. The minimum Gasteiger partial charge on any atom is -0.364 e. The second-order valence-corrected chi connectivity index (χ2v) is 5.35. The number of hydrogen-bond donors (Lipinski definition) is 0. The van der Waals surface area contributed by atoms with Crippen LogP contribution in [-0.4, -0.2) is 32.6 Å². The summed E-state index contributed by atoms with van der Waals surface area (Å²) >= 11 is 0. The van der Waals surface area contributed by atoms with E-state index in [-0.39, 0.29) is 18.5 Å². The van der Waals surface area contributed by atoms with E-state index in [1.54, 1.807) is 24.2 Å². The van der Waals surface area contributed by atoms with Crippen molar-refractivity contribution in [1.82, 2.24) is 19.6 Å². The highest BCUT2D eigenvalue weighted by atomic mass is 16.5. The van der Waals surface area contributed by atoms with E-state index in [4.69, 9.17) is 4.52 Å². The highest BCUT2D eigenvalue weighted by Gasteiger charge is 2.20. The topological polar surface area (TPSA) is 64.2 Å². The highest BCUT2D eigenvalue weighted by Crippen LogP contribution is 2.19. The first-order valence-corrected chi connectivity index (χ1v) is 7.39. The van der Waals surface area contributed by atoms with Gasteiger partial charge in [-0.3, -0.25) is 4.79 Å². The second kappa shape index (κ2) is 6.48. The number of rotatable bonds is 5. The third kappa shape index (κ3) is 3.15. The van der Waals surface area contributed by atoms with Crippen LogP contribution in [0.2, 0.25) is 0 Å². The molecule has 1 amide bonds. The molecule has 0 bridgehead atoms. The maximum Gasteiger partial charge on any atom is 0.242 e. The summed E-state index contributed by atoms with van der Waals surface area (Å²) in [6.45, 7) is 2.14. The SMILES string of the molecule is C[C@@H](c1ccon1)N(C)C(=O)Cn1ccnc1-c1ccccc1. The van der Waals surface area contributed by atoms with Crippen molar-refractivity contribution in [3.05, 3.63) is 60.7 Å². The normalized spacial score (nSPS) is 12.1. The average molecular weight is 310 g/mol. The number of benzene rings is 1. The van der Waals surface area contributed by atoms with Crippen molar-refractivity contribution < 1.29 is 9.32 Å². The Kier molecular flexibility index (Phi) is 4.23. The Balaban J connectivity index is 1.75. The summed E-state index contributed by atoms with van der Waals surface area (Å²) < 4.78 is 6.70. The van der Waals surface area contributed by atoms with Crippen molar-refractivity contribution in [2.24, 2.45) is 0 Å². The van der Waals surface area contributed by atoms with Gasteiger partial charge in [-0.15, -0.1) is 0 Å². The molecule has 3 aromatic rings. The zero-order valence-electron chi connectivity index (χ0n) is 13.1. The fraction of sp³-hybridized carbons (Fsp3) is 0.235. The molecule has 0 saturated carbocycles. The minimum absolute atomic E-state index is 0.0179. The number of likely N-dealkylation sites (N-methyl/N-ethyl adjacent to an activating group) is 1. The van der Waals surface area contributed by atoms with Crippen molar-refractivity contribution in [2.75, 3.05) is 7.05 Å². The monoisotopic (exact) mass is 310 g/mol. The molecule has 6 heteroatoms. The number of aromatic nitrogens is 3. The van der Waals surface area contributed by atoms with Crippen LogP contribution >= 0.6 is 0 Å². The number of amides is 1. The smallest absolute Gasteiger partial charge is 0.242 e. The fourth-order valence-corrected chi connectivity index (χ4v) is 2.39. The molecule has 2 aromatic heterocycles. The molecule has 0 aliphatic heterocycles. The van der Waals surface area contributed by atoms with Crippen LogP contribution in [0.1, 0.15) is 18.7 Å². The molecule has 0 radical (unpaired) electrons. The molecule has 23 heavy (non-hydrogen) atoms. The van der Waals surface area contributed by atoms with Gasteiger partial charge in [0.1, 0.15) is 24.3 Å². The van der Waals surface area contributed by atoms with Crippen molar-refractivity contribution in [3.8, 4) is 11.4 Å². The zero-order chi connectivity index (χ0) is 16.2. The second-order valence-electron chi connectivity index (χ2n) is 5.35. The maximum atomic E-state index is 12.5. The Morgan fingerprint density at radius 3 is 2.78 bits per heavy atom. The Morgan fingerprint density at radius 2 is 2.09 bits per heavy atom. The molecule has 118 valence electrons. The van der Waals surface area contributed by atoms with Crippen LogP contribution in [0.3, 0.4) is 0 Å². The van der Waals surface area contributed by atoms with E-state index in [1.165, 1.54) is 6.26 Å². The van der Waals surface area contributed by atoms with E-state index in [0.29, 0.717) is 0 Å². The lowest BCUT2D eigenvalue weighted by Gasteiger charge is -2.23. The summed E-state index contributed by atoms with van der Waals surface area (Å²) in [4.78, 5) is 18.6. The van der Waals surface area contributed by atoms with Gasteiger partial charge in [0.05, 0.1) is 6.04 Å². The molecular formula is C17H18N4O2. The van der Waals surface area contributed by atoms with Crippen LogP contribution in [0, 0.1) is 0 Å². The summed E-state index contributed by atoms with van der Waals surface area (Å²) in [7, 11) is 1.76. The molecule has 0 spiro atoms. The van der Waals surface area contributed by atoms with Gasteiger partial charge >= 0.3 is 0 Å². The van der Waals surface area contributed by atoms with Crippen LogP contribution in [-0.2, 0) is 11.3 Å². The summed E-state index contributed by atoms with van der Waals surface area (Å²) in [6.07, 6.45) is 5.03. The predicted octanol–water partition coefficient (Wildman–Crippen LogP) is 2.76. The summed E-state index contributed by atoms with van der Waals surface area (Å²) in [5.74, 6) is 0.761. The lowest BCUT2D eigenvalue weighted by atomic mass is 10.2. The van der Waals surface area contributed by atoms with Gasteiger partial charge in [-0.25, -0.2) is 4.98 Å². The lowest BCUT2D eigenvalue weighted by Crippen LogP contribution is -2.32. The van der Waals surface area contributed by atoms with Gasteiger partial charge in [-0.2, -0.15) is 0 Å². The van der Waals surface area contributed by atoms with Gasteiger partial charge in [0.2, 0.25) is 5.91 Å². The van der Waals surface area contributed by atoms with Crippen molar-refractivity contribution in [2.45, 2.75) is 19.5 Å².